The van der Waals surface area contributed by atoms with Gasteiger partial charge in [-0.3, -0.25) is 0 Å². The second-order valence-electron chi connectivity index (χ2n) is 4.25. The fourth-order valence-corrected chi connectivity index (χ4v) is 1.71. The molecular formula is C15H13N5O. The van der Waals surface area contributed by atoms with Crippen LogP contribution >= 0.6 is 0 Å². The Morgan fingerprint density at radius 1 is 0.952 bits per heavy atom. The van der Waals surface area contributed by atoms with Crippen molar-refractivity contribution in [3.05, 3.63) is 61.1 Å². The average molecular weight is 279 g/mol. The third kappa shape index (κ3) is 3.44. The van der Waals surface area contributed by atoms with E-state index in [1.165, 1.54) is 6.33 Å². The lowest BCUT2D eigenvalue weighted by Gasteiger charge is -2.07. The third-order valence-corrected chi connectivity index (χ3v) is 2.66. The zero-order valence-corrected chi connectivity index (χ0v) is 11.1. The normalized spacial score (nSPS) is 10.1. The number of nitrogen functional groups attached to an aromatic ring is 1. The minimum absolute atomic E-state index is 0.407. The lowest BCUT2D eigenvalue weighted by Crippen LogP contribution is -1.97. The molecule has 0 saturated carbocycles. The molecule has 1 aromatic carbocycles. The largest absolute Gasteiger partial charge is 0.439 e. The van der Waals surface area contributed by atoms with E-state index in [-0.39, 0.29) is 0 Å². The molecule has 0 aliphatic rings. The number of hydrogen-bond donors (Lipinski definition) is 2. The number of ether oxygens (including phenoxy) is 1. The molecule has 0 bridgehead atoms. The Labute approximate surface area is 121 Å². The van der Waals surface area contributed by atoms with E-state index in [4.69, 9.17) is 10.5 Å². The second kappa shape index (κ2) is 5.87. The summed E-state index contributed by atoms with van der Waals surface area (Å²) in [5, 5.41) is 3.09. The van der Waals surface area contributed by atoms with E-state index in [9.17, 15) is 0 Å². The molecule has 6 nitrogen and oxygen atoms in total. The van der Waals surface area contributed by atoms with Crippen LogP contribution in [0, 0.1) is 0 Å². The first-order chi connectivity index (χ1) is 10.3. The van der Waals surface area contributed by atoms with Crippen molar-refractivity contribution in [2.45, 2.75) is 0 Å². The molecular weight excluding hydrogens is 266 g/mol. The van der Waals surface area contributed by atoms with Gasteiger partial charge in [-0.15, -0.1) is 0 Å². The van der Waals surface area contributed by atoms with Crippen molar-refractivity contribution in [3.63, 3.8) is 0 Å². The Bertz CT molecular complexity index is 716. The number of para-hydroxylation sites is 1. The van der Waals surface area contributed by atoms with E-state index in [1.54, 1.807) is 18.3 Å². The molecule has 0 amide bonds. The minimum atomic E-state index is 0.407. The van der Waals surface area contributed by atoms with Crippen LogP contribution < -0.4 is 15.8 Å². The summed E-state index contributed by atoms with van der Waals surface area (Å²) in [4.78, 5) is 12.1. The number of nitrogens with zero attached hydrogens (tertiary/aromatic N) is 3. The van der Waals surface area contributed by atoms with E-state index < -0.39 is 0 Å². The van der Waals surface area contributed by atoms with E-state index in [0.717, 1.165) is 11.4 Å². The summed E-state index contributed by atoms with van der Waals surface area (Å²) >= 11 is 0. The molecule has 3 N–H and O–H groups in total. The number of benzene rings is 1. The van der Waals surface area contributed by atoms with Gasteiger partial charge in [0, 0.05) is 12.1 Å². The highest BCUT2D eigenvalue weighted by Crippen LogP contribution is 2.21. The van der Waals surface area contributed by atoms with Gasteiger partial charge in [0.2, 0.25) is 5.88 Å². The first-order valence-electron chi connectivity index (χ1n) is 6.33. The minimum Gasteiger partial charge on any atom is -0.439 e. The van der Waals surface area contributed by atoms with E-state index in [2.05, 4.69) is 20.3 Å². The predicted octanol–water partition coefficient (Wildman–Crippen LogP) is 2.99. The maximum atomic E-state index is 5.62. The zero-order chi connectivity index (χ0) is 14.5. The Hall–Kier alpha value is -3.15. The van der Waals surface area contributed by atoms with Crippen molar-refractivity contribution in [1.29, 1.82) is 0 Å². The fraction of sp³-hybridized carbons (Fsp3) is 0. The molecule has 0 saturated heterocycles. The van der Waals surface area contributed by atoms with Gasteiger partial charge in [-0.25, -0.2) is 15.0 Å². The molecule has 0 atom stereocenters. The van der Waals surface area contributed by atoms with Crippen LogP contribution in [-0.4, -0.2) is 15.0 Å². The summed E-state index contributed by atoms with van der Waals surface area (Å²) in [6.45, 7) is 0. The smallest absolute Gasteiger partial charge is 0.219 e. The standard InChI is InChI=1S/C15H13N5O/c16-13-8-14(19-10-18-13)20-11-6-7-15(17-9-11)21-12-4-2-1-3-5-12/h1-10H,(H3,16,18,19,20). The maximum absolute atomic E-state index is 5.62. The van der Waals surface area contributed by atoms with Crippen LogP contribution in [0.5, 0.6) is 11.6 Å². The molecule has 0 aliphatic carbocycles. The van der Waals surface area contributed by atoms with Gasteiger partial charge in [0.25, 0.3) is 0 Å². The first-order valence-corrected chi connectivity index (χ1v) is 6.33. The summed E-state index contributed by atoms with van der Waals surface area (Å²) < 4.78 is 5.62. The molecule has 21 heavy (non-hydrogen) atoms. The van der Waals surface area contributed by atoms with Crippen LogP contribution in [0.15, 0.2) is 61.1 Å². The number of nitrogens with two attached hydrogens (primary N) is 1. The maximum Gasteiger partial charge on any atom is 0.219 e. The molecule has 0 spiro atoms. The molecule has 3 rings (SSSR count). The van der Waals surface area contributed by atoms with Crippen molar-refractivity contribution in [1.82, 2.24) is 15.0 Å². The van der Waals surface area contributed by atoms with Gasteiger partial charge in [0.15, 0.2) is 0 Å². The summed E-state index contributed by atoms with van der Waals surface area (Å²) in [6, 6.07) is 14.8. The van der Waals surface area contributed by atoms with Gasteiger partial charge in [-0.1, -0.05) is 18.2 Å². The summed E-state index contributed by atoms with van der Waals surface area (Å²) in [5.41, 5.74) is 6.38. The van der Waals surface area contributed by atoms with Crippen LogP contribution in [-0.2, 0) is 0 Å². The van der Waals surface area contributed by atoms with E-state index in [0.29, 0.717) is 17.5 Å². The predicted molar refractivity (Wildman–Crippen MR) is 80.5 cm³/mol. The summed E-state index contributed by atoms with van der Waals surface area (Å²) in [5.74, 6) is 2.29. The topological polar surface area (TPSA) is 86.0 Å². The Morgan fingerprint density at radius 2 is 1.81 bits per heavy atom. The van der Waals surface area contributed by atoms with Gasteiger partial charge in [0.1, 0.15) is 23.7 Å². The van der Waals surface area contributed by atoms with Crippen molar-refractivity contribution in [2.24, 2.45) is 0 Å². The van der Waals surface area contributed by atoms with Crippen LogP contribution in [0.3, 0.4) is 0 Å². The molecule has 2 heterocycles. The Balaban J connectivity index is 1.69. The van der Waals surface area contributed by atoms with Gasteiger partial charge < -0.3 is 15.8 Å². The first kappa shape index (κ1) is 12.9. The Morgan fingerprint density at radius 3 is 2.52 bits per heavy atom. The highest BCUT2D eigenvalue weighted by molar-refractivity contribution is 5.57. The van der Waals surface area contributed by atoms with Crippen molar-refractivity contribution in [3.8, 4) is 11.6 Å². The van der Waals surface area contributed by atoms with Gasteiger partial charge >= 0.3 is 0 Å². The average Bonchev–Trinajstić information content (AvgIpc) is 2.50. The summed E-state index contributed by atoms with van der Waals surface area (Å²) in [7, 11) is 0. The number of aromatic nitrogens is 3. The monoisotopic (exact) mass is 279 g/mol. The van der Waals surface area contributed by atoms with Crippen molar-refractivity contribution < 1.29 is 4.74 Å². The van der Waals surface area contributed by atoms with Crippen LogP contribution in [0.25, 0.3) is 0 Å². The van der Waals surface area contributed by atoms with Gasteiger partial charge in [-0.2, -0.15) is 0 Å². The zero-order valence-electron chi connectivity index (χ0n) is 11.1. The third-order valence-electron chi connectivity index (χ3n) is 2.66. The molecule has 2 aromatic heterocycles. The number of nitrogens with one attached hydrogen (secondary N) is 1. The van der Waals surface area contributed by atoms with E-state index >= 15 is 0 Å². The molecule has 0 aliphatic heterocycles. The molecule has 0 unspecified atom stereocenters. The van der Waals surface area contributed by atoms with E-state index in [1.807, 2.05) is 36.4 Å². The number of hydrogen-bond acceptors (Lipinski definition) is 6. The molecule has 0 fully saturated rings. The van der Waals surface area contributed by atoms with Gasteiger partial charge in [0.05, 0.1) is 11.9 Å². The Kier molecular flexibility index (Phi) is 3.60. The number of anilines is 3. The van der Waals surface area contributed by atoms with Crippen LogP contribution in [0.2, 0.25) is 0 Å². The van der Waals surface area contributed by atoms with Crippen molar-refractivity contribution >= 4 is 17.3 Å². The second-order valence-corrected chi connectivity index (χ2v) is 4.25. The van der Waals surface area contributed by atoms with Crippen LogP contribution in [0.1, 0.15) is 0 Å². The molecule has 104 valence electrons. The van der Waals surface area contributed by atoms with Crippen molar-refractivity contribution in [2.75, 3.05) is 11.1 Å². The SMILES string of the molecule is Nc1cc(Nc2ccc(Oc3ccccc3)nc2)ncn1. The molecule has 3 aromatic rings. The molecule has 0 radical (unpaired) electrons. The quantitative estimate of drug-likeness (QED) is 0.763. The number of pyridine rings is 1. The lowest BCUT2D eigenvalue weighted by atomic mass is 10.3. The fourth-order valence-electron chi connectivity index (χ4n) is 1.71. The van der Waals surface area contributed by atoms with Gasteiger partial charge in [-0.05, 0) is 18.2 Å². The lowest BCUT2D eigenvalue weighted by molar-refractivity contribution is 0.463. The highest BCUT2D eigenvalue weighted by atomic mass is 16.5. The highest BCUT2D eigenvalue weighted by Gasteiger charge is 2.00. The molecule has 6 heteroatoms. The number of rotatable bonds is 4. The van der Waals surface area contributed by atoms with Crippen LogP contribution in [0.4, 0.5) is 17.3 Å². The summed E-state index contributed by atoms with van der Waals surface area (Å²) in [6.07, 6.45) is 3.06.